The minimum atomic E-state index is 0.889. The summed E-state index contributed by atoms with van der Waals surface area (Å²) in [5.74, 6) is 0.889. The van der Waals surface area contributed by atoms with Gasteiger partial charge in [-0.05, 0) is 36.3 Å². The summed E-state index contributed by atoms with van der Waals surface area (Å²) in [4.78, 5) is 0. The van der Waals surface area contributed by atoms with Gasteiger partial charge in [0.25, 0.3) is 0 Å². The van der Waals surface area contributed by atoms with Crippen LogP contribution in [0.2, 0.25) is 0 Å². The van der Waals surface area contributed by atoms with E-state index in [1.807, 2.05) is 0 Å². The number of hydrogen-bond acceptors (Lipinski definition) is 0. The van der Waals surface area contributed by atoms with Crippen molar-refractivity contribution in [2.24, 2.45) is 5.92 Å². The SMILES string of the molecule is Bc1ccc2c(c1)CCC(C)C2. The minimum absolute atomic E-state index is 0.889. The first kappa shape index (κ1) is 7.91. The molecule has 0 heterocycles. The van der Waals surface area contributed by atoms with Crippen LogP contribution in [0.15, 0.2) is 18.2 Å². The molecule has 0 fully saturated rings. The Morgan fingerprint density at radius 3 is 3.00 bits per heavy atom. The van der Waals surface area contributed by atoms with Gasteiger partial charge in [0.15, 0.2) is 0 Å². The molecule has 0 N–H and O–H groups in total. The van der Waals surface area contributed by atoms with Gasteiger partial charge in [0, 0.05) is 0 Å². The first-order valence-corrected chi connectivity index (χ1v) is 4.84. The van der Waals surface area contributed by atoms with Gasteiger partial charge in [0.05, 0.1) is 0 Å². The van der Waals surface area contributed by atoms with E-state index in [4.69, 9.17) is 0 Å². The van der Waals surface area contributed by atoms with Crippen LogP contribution in [0.4, 0.5) is 0 Å². The zero-order chi connectivity index (χ0) is 8.55. The second kappa shape index (κ2) is 2.97. The molecular weight excluding hydrogens is 143 g/mol. The van der Waals surface area contributed by atoms with Gasteiger partial charge in [-0.3, -0.25) is 0 Å². The Kier molecular flexibility index (Phi) is 1.96. The smallest absolute Gasteiger partial charge is 0.0887 e. The van der Waals surface area contributed by atoms with E-state index in [9.17, 15) is 0 Å². The fourth-order valence-corrected chi connectivity index (χ4v) is 2.07. The molecule has 0 aliphatic heterocycles. The summed E-state index contributed by atoms with van der Waals surface area (Å²) in [6.45, 7) is 2.35. The van der Waals surface area contributed by atoms with E-state index in [-0.39, 0.29) is 0 Å². The van der Waals surface area contributed by atoms with Crippen molar-refractivity contribution in [3.63, 3.8) is 0 Å². The molecule has 1 aromatic rings. The Bertz CT molecular complexity index is 291. The van der Waals surface area contributed by atoms with Crippen LogP contribution in [0.5, 0.6) is 0 Å². The monoisotopic (exact) mass is 158 g/mol. The van der Waals surface area contributed by atoms with Crippen molar-refractivity contribution in [2.45, 2.75) is 26.2 Å². The predicted molar refractivity (Wildman–Crippen MR) is 55.8 cm³/mol. The maximum absolute atomic E-state index is 2.35. The molecule has 0 saturated heterocycles. The van der Waals surface area contributed by atoms with Gasteiger partial charge in [-0.2, -0.15) is 0 Å². The van der Waals surface area contributed by atoms with Crippen LogP contribution in [0.25, 0.3) is 0 Å². The highest BCUT2D eigenvalue weighted by molar-refractivity contribution is 6.32. The largest absolute Gasteiger partial charge is 0.139 e. The summed E-state index contributed by atoms with van der Waals surface area (Å²) in [6, 6.07) is 6.89. The number of rotatable bonds is 0. The van der Waals surface area contributed by atoms with Crippen LogP contribution in [0.3, 0.4) is 0 Å². The number of fused-ring (bicyclic) bond motifs is 1. The van der Waals surface area contributed by atoms with Crippen LogP contribution < -0.4 is 5.46 Å². The zero-order valence-electron chi connectivity index (χ0n) is 7.93. The molecule has 1 aromatic carbocycles. The summed E-state index contributed by atoms with van der Waals surface area (Å²) in [5.41, 5.74) is 4.58. The van der Waals surface area contributed by atoms with E-state index in [1.165, 1.54) is 24.7 Å². The molecule has 1 atom stereocenters. The lowest BCUT2D eigenvalue weighted by atomic mass is 9.82. The average molecular weight is 158 g/mol. The second-order valence-electron chi connectivity index (χ2n) is 4.12. The summed E-state index contributed by atoms with van der Waals surface area (Å²) in [5, 5.41) is 0. The summed E-state index contributed by atoms with van der Waals surface area (Å²) in [7, 11) is 2.18. The normalized spacial score (nSPS) is 21.9. The summed E-state index contributed by atoms with van der Waals surface area (Å²) >= 11 is 0. The van der Waals surface area contributed by atoms with Crippen LogP contribution in [-0.2, 0) is 12.8 Å². The lowest BCUT2D eigenvalue weighted by molar-refractivity contribution is 0.501. The number of benzene rings is 1. The Morgan fingerprint density at radius 1 is 1.33 bits per heavy atom. The van der Waals surface area contributed by atoms with E-state index < -0.39 is 0 Å². The van der Waals surface area contributed by atoms with Gasteiger partial charge in [-0.25, -0.2) is 0 Å². The average Bonchev–Trinajstić information content (AvgIpc) is 2.05. The molecule has 0 amide bonds. The molecule has 0 aromatic heterocycles. The van der Waals surface area contributed by atoms with Gasteiger partial charge < -0.3 is 0 Å². The topological polar surface area (TPSA) is 0 Å². The Balaban J connectivity index is 2.37. The number of hydrogen-bond donors (Lipinski definition) is 0. The molecular formula is C11H15B. The summed E-state index contributed by atoms with van der Waals surface area (Å²) in [6.07, 6.45) is 3.95. The van der Waals surface area contributed by atoms with E-state index in [2.05, 4.69) is 33.0 Å². The lowest BCUT2D eigenvalue weighted by Gasteiger charge is -2.21. The predicted octanol–water partition coefficient (Wildman–Crippen LogP) is 1.07. The molecule has 0 saturated carbocycles. The third kappa shape index (κ3) is 1.41. The van der Waals surface area contributed by atoms with Gasteiger partial charge in [0.2, 0.25) is 0 Å². The molecule has 1 aliphatic rings. The van der Waals surface area contributed by atoms with Crippen molar-refractivity contribution >= 4 is 13.3 Å². The standard InChI is InChI=1S/C11H15B/c1-8-2-3-10-7-11(12)5-4-9(10)6-8/h4-5,7-8H,2-3,6,12H2,1H3. The Labute approximate surface area is 75.4 Å². The van der Waals surface area contributed by atoms with E-state index in [1.54, 1.807) is 11.1 Å². The molecule has 0 bridgehead atoms. The highest BCUT2D eigenvalue weighted by atomic mass is 14.2. The maximum atomic E-state index is 2.35. The molecule has 0 radical (unpaired) electrons. The minimum Gasteiger partial charge on any atom is -0.0887 e. The van der Waals surface area contributed by atoms with Gasteiger partial charge >= 0.3 is 0 Å². The molecule has 1 aliphatic carbocycles. The molecule has 62 valence electrons. The van der Waals surface area contributed by atoms with Crippen molar-refractivity contribution in [1.29, 1.82) is 0 Å². The van der Waals surface area contributed by atoms with Gasteiger partial charge in [-0.15, -0.1) is 0 Å². The van der Waals surface area contributed by atoms with Crippen LogP contribution in [0, 0.1) is 5.92 Å². The molecule has 0 nitrogen and oxygen atoms in total. The van der Waals surface area contributed by atoms with Crippen LogP contribution in [0.1, 0.15) is 24.5 Å². The first-order valence-electron chi connectivity index (χ1n) is 4.84. The third-order valence-corrected chi connectivity index (χ3v) is 2.84. The van der Waals surface area contributed by atoms with Crippen LogP contribution in [-0.4, -0.2) is 7.85 Å². The zero-order valence-corrected chi connectivity index (χ0v) is 7.93. The first-order chi connectivity index (χ1) is 5.75. The van der Waals surface area contributed by atoms with Crippen molar-refractivity contribution < 1.29 is 0 Å². The quantitative estimate of drug-likeness (QED) is 0.495. The lowest BCUT2D eigenvalue weighted by Crippen LogP contribution is -2.14. The molecule has 1 heteroatoms. The van der Waals surface area contributed by atoms with E-state index >= 15 is 0 Å². The van der Waals surface area contributed by atoms with Crippen molar-refractivity contribution in [3.8, 4) is 0 Å². The fraction of sp³-hybridized carbons (Fsp3) is 0.455. The van der Waals surface area contributed by atoms with Gasteiger partial charge in [-0.1, -0.05) is 30.6 Å². The number of aryl methyl sites for hydroxylation is 1. The second-order valence-corrected chi connectivity index (χ2v) is 4.12. The molecule has 0 spiro atoms. The Morgan fingerprint density at radius 2 is 2.17 bits per heavy atom. The van der Waals surface area contributed by atoms with Gasteiger partial charge in [0.1, 0.15) is 7.85 Å². The fourth-order valence-electron chi connectivity index (χ4n) is 2.07. The van der Waals surface area contributed by atoms with Crippen molar-refractivity contribution in [3.05, 3.63) is 29.3 Å². The van der Waals surface area contributed by atoms with Crippen molar-refractivity contribution in [2.75, 3.05) is 0 Å². The third-order valence-electron chi connectivity index (χ3n) is 2.84. The molecule has 1 unspecified atom stereocenters. The van der Waals surface area contributed by atoms with E-state index in [0.29, 0.717) is 0 Å². The summed E-state index contributed by atoms with van der Waals surface area (Å²) < 4.78 is 0. The maximum Gasteiger partial charge on any atom is 0.139 e. The van der Waals surface area contributed by atoms with Crippen LogP contribution >= 0.6 is 0 Å². The Hall–Kier alpha value is -0.715. The molecule has 12 heavy (non-hydrogen) atoms. The highest BCUT2D eigenvalue weighted by Gasteiger charge is 2.13. The van der Waals surface area contributed by atoms with E-state index in [0.717, 1.165) is 5.92 Å². The molecule has 2 rings (SSSR count). The highest BCUT2D eigenvalue weighted by Crippen LogP contribution is 2.23. The van der Waals surface area contributed by atoms with Crippen molar-refractivity contribution in [1.82, 2.24) is 0 Å².